The lowest BCUT2D eigenvalue weighted by atomic mass is 9.80. The lowest BCUT2D eigenvalue weighted by molar-refractivity contribution is 0.280. The van der Waals surface area contributed by atoms with Crippen molar-refractivity contribution in [3.63, 3.8) is 0 Å². The summed E-state index contributed by atoms with van der Waals surface area (Å²) >= 11 is 5.74. The van der Waals surface area contributed by atoms with Crippen molar-refractivity contribution >= 4 is 17.3 Å². The standard InChI is InChI=1S/C14H19ClFN/c1-9-3-4-10(2)14(7-9)17-13-6-5-11(15)8-12(13)16/h5-6,8-10,14,17H,3-4,7H2,1-2H3. The van der Waals surface area contributed by atoms with E-state index in [1.54, 1.807) is 12.1 Å². The molecule has 1 N–H and O–H groups in total. The number of halogens is 2. The number of rotatable bonds is 2. The SMILES string of the molecule is CC1CCC(C)C(Nc2ccc(Cl)cc2F)C1. The molecule has 0 aliphatic heterocycles. The van der Waals surface area contributed by atoms with Gasteiger partial charge < -0.3 is 5.32 Å². The molecule has 0 bridgehead atoms. The molecule has 17 heavy (non-hydrogen) atoms. The van der Waals surface area contributed by atoms with Gasteiger partial charge in [-0.05, 0) is 42.9 Å². The smallest absolute Gasteiger partial charge is 0.147 e. The molecule has 1 fully saturated rings. The minimum absolute atomic E-state index is 0.261. The molecule has 1 saturated carbocycles. The average molecular weight is 256 g/mol. The van der Waals surface area contributed by atoms with Crippen molar-refractivity contribution in [1.29, 1.82) is 0 Å². The van der Waals surface area contributed by atoms with Crippen molar-refractivity contribution in [2.45, 2.75) is 39.2 Å². The van der Waals surface area contributed by atoms with Gasteiger partial charge >= 0.3 is 0 Å². The normalized spacial score (nSPS) is 29.1. The van der Waals surface area contributed by atoms with E-state index < -0.39 is 0 Å². The highest BCUT2D eigenvalue weighted by Crippen LogP contribution is 2.31. The highest BCUT2D eigenvalue weighted by molar-refractivity contribution is 6.30. The molecule has 3 heteroatoms. The Morgan fingerprint density at radius 1 is 1.29 bits per heavy atom. The van der Waals surface area contributed by atoms with Gasteiger partial charge in [-0.2, -0.15) is 0 Å². The van der Waals surface area contributed by atoms with Crippen LogP contribution in [0.5, 0.6) is 0 Å². The van der Waals surface area contributed by atoms with Gasteiger partial charge in [0, 0.05) is 11.1 Å². The third kappa shape index (κ3) is 3.12. The van der Waals surface area contributed by atoms with Crippen molar-refractivity contribution in [3.05, 3.63) is 29.0 Å². The molecule has 0 heterocycles. The van der Waals surface area contributed by atoms with Crippen molar-refractivity contribution < 1.29 is 4.39 Å². The van der Waals surface area contributed by atoms with Gasteiger partial charge in [0.15, 0.2) is 0 Å². The first kappa shape index (κ1) is 12.7. The van der Waals surface area contributed by atoms with Crippen LogP contribution in [-0.4, -0.2) is 6.04 Å². The van der Waals surface area contributed by atoms with Crippen LogP contribution in [0.25, 0.3) is 0 Å². The maximum absolute atomic E-state index is 13.7. The number of benzene rings is 1. The van der Waals surface area contributed by atoms with Gasteiger partial charge in [-0.3, -0.25) is 0 Å². The molecule has 0 radical (unpaired) electrons. The van der Waals surface area contributed by atoms with Crippen molar-refractivity contribution in [1.82, 2.24) is 0 Å². The summed E-state index contributed by atoms with van der Waals surface area (Å²) in [5.74, 6) is 1.06. The number of nitrogens with one attached hydrogen (secondary N) is 1. The Labute approximate surface area is 107 Å². The van der Waals surface area contributed by atoms with Gasteiger partial charge in [0.2, 0.25) is 0 Å². The summed E-state index contributed by atoms with van der Waals surface area (Å²) < 4.78 is 13.7. The van der Waals surface area contributed by atoms with E-state index in [1.807, 2.05) is 0 Å². The van der Waals surface area contributed by atoms with Crippen LogP contribution in [0, 0.1) is 17.7 Å². The minimum atomic E-state index is -0.261. The molecular formula is C14H19ClFN. The van der Waals surface area contributed by atoms with Gasteiger partial charge in [0.1, 0.15) is 5.82 Å². The predicted molar refractivity (Wildman–Crippen MR) is 71.0 cm³/mol. The Kier molecular flexibility index (Phi) is 3.93. The third-order valence-electron chi connectivity index (χ3n) is 3.73. The number of hydrogen-bond acceptors (Lipinski definition) is 1. The summed E-state index contributed by atoms with van der Waals surface area (Å²) in [5.41, 5.74) is 0.570. The zero-order valence-corrected chi connectivity index (χ0v) is 11.1. The van der Waals surface area contributed by atoms with Crippen LogP contribution < -0.4 is 5.32 Å². The van der Waals surface area contributed by atoms with E-state index in [2.05, 4.69) is 19.2 Å². The summed E-state index contributed by atoms with van der Waals surface area (Å²) in [6.07, 6.45) is 3.61. The van der Waals surface area contributed by atoms with Gasteiger partial charge in [-0.1, -0.05) is 31.9 Å². The Bertz CT molecular complexity index is 394. The second kappa shape index (κ2) is 5.26. The average Bonchev–Trinajstić information content (AvgIpc) is 2.27. The Morgan fingerprint density at radius 3 is 2.76 bits per heavy atom. The first-order valence-electron chi connectivity index (χ1n) is 6.28. The lowest BCUT2D eigenvalue weighted by Gasteiger charge is -2.34. The monoisotopic (exact) mass is 255 g/mol. The van der Waals surface area contributed by atoms with Crippen molar-refractivity contribution in [2.24, 2.45) is 11.8 Å². The first-order chi connectivity index (χ1) is 8.06. The van der Waals surface area contributed by atoms with E-state index in [9.17, 15) is 4.39 Å². The number of anilines is 1. The number of hydrogen-bond donors (Lipinski definition) is 1. The molecule has 94 valence electrons. The molecule has 1 aromatic carbocycles. The summed E-state index contributed by atoms with van der Waals surface area (Å²) in [4.78, 5) is 0. The molecule has 1 aromatic rings. The van der Waals surface area contributed by atoms with Crippen LogP contribution in [0.1, 0.15) is 33.1 Å². The largest absolute Gasteiger partial charge is 0.380 e. The molecule has 1 aliphatic rings. The summed E-state index contributed by atoms with van der Waals surface area (Å²) in [7, 11) is 0. The van der Waals surface area contributed by atoms with Crippen LogP contribution in [0.15, 0.2) is 18.2 Å². The van der Waals surface area contributed by atoms with Gasteiger partial charge in [-0.15, -0.1) is 0 Å². The molecule has 2 rings (SSSR count). The summed E-state index contributed by atoms with van der Waals surface area (Å²) in [6, 6.07) is 5.18. The van der Waals surface area contributed by atoms with E-state index in [1.165, 1.54) is 18.9 Å². The lowest BCUT2D eigenvalue weighted by Crippen LogP contribution is -2.33. The van der Waals surface area contributed by atoms with Crippen LogP contribution in [0.2, 0.25) is 5.02 Å². The Morgan fingerprint density at radius 2 is 2.06 bits per heavy atom. The minimum Gasteiger partial charge on any atom is -0.380 e. The van der Waals surface area contributed by atoms with E-state index in [-0.39, 0.29) is 5.82 Å². The van der Waals surface area contributed by atoms with Crippen LogP contribution >= 0.6 is 11.6 Å². The maximum Gasteiger partial charge on any atom is 0.147 e. The molecule has 1 aliphatic carbocycles. The molecule has 3 atom stereocenters. The van der Waals surface area contributed by atoms with Crippen LogP contribution in [0.3, 0.4) is 0 Å². The van der Waals surface area contributed by atoms with E-state index in [4.69, 9.17) is 11.6 Å². The molecule has 3 unspecified atom stereocenters. The predicted octanol–water partition coefficient (Wildman–Crippen LogP) is 4.72. The molecular weight excluding hydrogens is 237 g/mol. The molecule has 0 saturated heterocycles. The van der Waals surface area contributed by atoms with Gasteiger partial charge in [0.05, 0.1) is 5.69 Å². The van der Waals surface area contributed by atoms with Crippen molar-refractivity contribution in [2.75, 3.05) is 5.32 Å². The quantitative estimate of drug-likeness (QED) is 0.807. The zero-order chi connectivity index (χ0) is 12.4. The molecule has 0 aromatic heterocycles. The fraction of sp³-hybridized carbons (Fsp3) is 0.571. The fourth-order valence-corrected chi connectivity index (χ4v) is 2.70. The maximum atomic E-state index is 13.7. The molecule has 0 spiro atoms. The third-order valence-corrected chi connectivity index (χ3v) is 3.97. The van der Waals surface area contributed by atoms with E-state index in [0.717, 1.165) is 12.3 Å². The van der Waals surface area contributed by atoms with Crippen LogP contribution in [0.4, 0.5) is 10.1 Å². The summed E-state index contributed by atoms with van der Waals surface area (Å²) in [6.45, 7) is 4.50. The van der Waals surface area contributed by atoms with Crippen LogP contribution in [-0.2, 0) is 0 Å². The second-order valence-corrected chi connectivity index (χ2v) is 5.71. The van der Waals surface area contributed by atoms with Gasteiger partial charge in [-0.25, -0.2) is 4.39 Å². The van der Waals surface area contributed by atoms with Gasteiger partial charge in [0.25, 0.3) is 0 Å². The van der Waals surface area contributed by atoms with E-state index >= 15 is 0 Å². The zero-order valence-electron chi connectivity index (χ0n) is 10.3. The highest BCUT2D eigenvalue weighted by Gasteiger charge is 2.25. The van der Waals surface area contributed by atoms with Crippen molar-refractivity contribution in [3.8, 4) is 0 Å². The highest BCUT2D eigenvalue weighted by atomic mass is 35.5. The van der Waals surface area contributed by atoms with E-state index in [0.29, 0.717) is 22.7 Å². The summed E-state index contributed by atoms with van der Waals surface area (Å²) in [5, 5.41) is 3.77. The fourth-order valence-electron chi connectivity index (χ4n) is 2.54. The topological polar surface area (TPSA) is 12.0 Å². The Balaban J connectivity index is 2.08. The molecule has 1 nitrogen and oxygen atoms in total. The molecule has 0 amide bonds. The Hall–Kier alpha value is -0.760. The first-order valence-corrected chi connectivity index (χ1v) is 6.65. The second-order valence-electron chi connectivity index (χ2n) is 5.27.